The number of rotatable bonds is 9. The van der Waals surface area contributed by atoms with Gasteiger partial charge in [-0.2, -0.15) is 0 Å². The topological polar surface area (TPSA) is 173 Å². The molecule has 0 bridgehead atoms. The van der Waals surface area contributed by atoms with Gasteiger partial charge in [-0.15, -0.1) is 0 Å². The van der Waals surface area contributed by atoms with E-state index in [0.717, 1.165) is 114 Å². The Hall–Kier alpha value is -5.95. The summed E-state index contributed by atoms with van der Waals surface area (Å²) in [6, 6.07) is 31.6. The van der Waals surface area contributed by atoms with Crippen molar-refractivity contribution in [2.75, 3.05) is 20.1 Å². The second kappa shape index (κ2) is 17.5. The van der Waals surface area contributed by atoms with Crippen LogP contribution in [0.4, 0.5) is 8.78 Å². The smallest absolute Gasteiger partial charge is 0.274 e. The van der Waals surface area contributed by atoms with E-state index in [4.69, 9.17) is 15.6 Å². The Kier molecular flexibility index (Phi) is 11.5. The molecule has 16 heteroatoms. The molecule has 3 aliphatic heterocycles. The van der Waals surface area contributed by atoms with E-state index in [0.29, 0.717) is 36.2 Å². The summed E-state index contributed by atoms with van der Waals surface area (Å²) in [6.45, 7) is 6.76. The highest BCUT2D eigenvalue weighted by molar-refractivity contribution is 5.94. The zero-order valence-corrected chi connectivity index (χ0v) is 37.5. The minimum absolute atomic E-state index is 0.108. The molecule has 0 spiro atoms. The Labute approximate surface area is 392 Å². The number of carbonyl (C=O) groups excluding carboxylic acids is 3. The maximum absolute atomic E-state index is 14.3. The van der Waals surface area contributed by atoms with Gasteiger partial charge in [-0.25, -0.2) is 40.2 Å². The average Bonchev–Trinajstić information content (AvgIpc) is 3.36. The van der Waals surface area contributed by atoms with Crippen molar-refractivity contribution in [3.05, 3.63) is 176 Å². The van der Waals surface area contributed by atoms with Crippen LogP contribution in [0.15, 0.2) is 103 Å². The van der Waals surface area contributed by atoms with Gasteiger partial charge in [-0.3, -0.25) is 40.3 Å². The molecule has 14 rings (SSSR count). The summed E-state index contributed by atoms with van der Waals surface area (Å²) in [7, 11) is 2.05. The standard InChI is InChI=1S/C19H19FN2O2.C17H19N3O2.C16H16FN3O2/c20-10-4-7(18(23)21-24)3-8-5-22(2-1-9(8)10)6-19-15-12-11-13(15)17(19)14(11)16(12)19;1-19-11-16-9-14(17(21)18-22)7-8-15(16)12-20(19)10-13-5-3-2-4-6-13;17-15-7-12(16(21)19-22)6-13-8-18-20(10-14(13)15)9-11-4-2-1-3-5-11/h3-4,11-17,24H,1-2,5-6H2,(H,21,23);2-9,22H,10-12H2,1H3,(H,18,21);1-7,18,22H,8-10H2,(H,19,21). The maximum atomic E-state index is 14.3. The third-order valence-corrected chi connectivity index (χ3v) is 16.6. The van der Waals surface area contributed by atoms with Crippen LogP contribution in [0.5, 0.6) is 0 Å². The van der Waals surface area contributed by atoms with Crippen molar-refractivity contribution in [1.29, 1.82) is 0 Å². The van der Waals surface area contributed by atoms with E-state index < -0.39 is 23.5 Å². The first kappa shape index (κ1) is 44.5. The Bertz CT molecular complexity index is 2750. The first-order valence-corrected chi connectivity index (χ1v) is 23.3. The second-order valence-electron chi connectivity index (χ2n) is 19.8. The molecule has 6 aliphatic carbocycles. The van der Waals surface area contributed by atoms with Crippen LogP contribution >= 0.6 is 0 Å². The second-order valence-corrected chi connectivity index (χ2v) is 19.8. The highest BCUT2D eigenvalue weighted by Crippen LogP contribution is 3.05. The summed E-state index contributed by atoms with van der Waals surface area (Å²) >= 11 is 0. The number of nitrogens with zero attached hydrogens (tertiary/aromatic N) is 4. The molecular formula is C52H54F2N8O6. The zero-order valence-electron chi connectivity index (χ0n) is 37.5. The van der Waals surface area contributed by atoms with Crippen LogP contribution in [0.3, 0.4) is 0 Å². The Balaban J connectivity index is 0.000000112. The summed E-state index contributed by atoms with van der Waals surface area (Å²) in [6.07, 6.45) is 0.719. The molecule has 0 radical (unpaired) electrons. The van der Waals surface area contributed by atoms with Gasteiger partial charge < -0.3 is 0 Å². The van der Waals surface area contributed by atoms with Crippen LogP contribution in [0.2, 0.25) is 0 Å². The lowest BCUT2D eigenvalue weighted by Crippen LogP contribution is -3.06. The molecule has 7 N–H and O–H groups in total. The largest absolute Gasteiger partial charge is 0.298 e. The highest BCUT2D eigenvalue weighted by atomic mass is 19.1. The molecule has 6 fully saturated rings. The van der Waals surface area contributed by atoms with E-state index in [9.17, 15) is 23.2 Å². The molecule has 3 heterocycles. The molecule has 3 amide bonds. The molecule has 5 aromatic carbocycles. The number of hydrogen-bond donors (Lipinski definition) is 7. The minimum Gasteiger partial charge on any atom is -0.298 e. The third kappa shape index (κ3) is 7.24. The van der Waals surface area contributed by atoms with Crippen LogP contribution in [-0.4, -0.2) is 73.4 Å². The highest BCUT2D eigenvalue weighted by Gasteiger charge is 3.03. The van der Waals surface area contributed by atoms with Crippen LogP contribution in [0.1, 0.15) is 75.6 Å². The van der Waals surface area contributed by atoms with Gasteiger partial charge in [0.15, 0.2) is 0 Å². The van der Waals surface area contributed by atoms with Crippen LogP contribution in [0.25, 0.3) is 0 Å². The summed E-state index contributed by atoms with van der Waals surface area (Å²) < 4.78 is 28.5. The van der Waals surface area contributed by atoms with Crippen molar-refractivity contribution in [3.8, 4) is 0 Å². The Morgan fingerprint density at radius 1 is 0.618 bits per heavy atom. The fourth-order valence-electron chi connectivity index (χ4n) is 13.8. The number of nitrogens with one attached hydrogen (secondary N) is 4. The number of benzene rings is 5. The summed E-state index contributed by atoms with van der Waals surface area (Å²) in [4.78, 5) is 37.0. The van der Waals surface area contributed by atoms with E-state index in [1.54, 1.807) is 29.2 Å². The third-order valence-electron chi connectivity index (χ3n) is 16.6. The van der Waals surface area contributed by atoms with Crippen LogP contribution in [0, 0.1) is 58.5 Å². The fraction of sp³-hybridized carbons (Fsp3) is 0.365. The Morgan fingerprint density at radius 2 is 1.18 bits per heavy atom. The van der Waals surface area contributed by atoms with Crippen molar-refractivity contribution in [2.24, 2.45) is 46.8 Å². The molecule has 0 unspecified atom stereocenters. The lowest BCUT2D eigenvalue weighted by Gasteiger charge is -3.08. The van der Waals surface area contributed by atoms with Gasteiger partial charge in [-0.05, 0) is 129 Å². The van der Waals surface area contributed by atoms with Crippen LogP contribution < -0.4 is 21.9 Å². The van der Waals surface area contributed by atoms with E-state index in [2.05, 4.69) is 32.5 Å². The number of hydrogen-bond acceptors (Lipinski definition) is 11. The first-order chi connectivity index (χ1) is 33.0. The van der Waals surface area contributed by atoms with Crippen molar-refractivity contribution >= 4 is 17.7 Å². The lowest BCUT2D eigenvalue weighted by atomic mass is 8.96. The molecular weight excluding hydrogens is 871 g/mol. The molecule has 0 atom stereocenters. The molecule has 68 heavy (non-hydrogen) atoms. The van der Waals surface area contributed by atoms with Gasteiger partial charge in [-0.1, -0.05) is 66.7 Å². The first-order valence-electron chi connectivity index (χ1n) is 23.3. The van der Waals surface area contributed by atoms with Gasteiger partial charge in [0.2, 0.25) is 0 Å². The maximum Gasteiger partial charge on any atom is 0.274 e. The van der Waals surface area contributed by atoms with Crippen LogP contribution in [-0.2, 0) is 52.2 Å². The predicted octanol–water partition coefficient (Wildman–Crippen LogP) is 5.80. The lowest BCUT2D eigenvalue weighted by molar-refractivity contribution is -0.615. The zero-order chi connectivity index (χ0) is 47.0. The molecule has 0 aromatic heterocycles. The van der Waals surface area contributed by atoms with Gasteiger partial charge >= 0.3 is 0 Å². The van der Waals surface area contributed by atoms with E-state index in [1.807, 2.05) is 72.7 Å². The van der Waals surface area contributed by atoms with Crippen molar-refractivity contribution in [2.45, 2.75) is 52.2 Å². The van der Waals surface area contributed by atoms with Crippen molar-refractivity contribution in [3.63, 3.8) is 0 Å². The molecule has 9 aliphatic rings. The van der Waals surface area contributed by atoms with Gasteiger partial charge in [0.05, 0.1) is 0 Å². The number of hydrazine groups is 2. The normalized spacial score (nSPS) is 27.4. The molecule has 14 nitrogen and oxygen atoms in total. The molecule has 352 valence electrons. The summed E-state index contributed by atoms with van der Waals surface area (Å²) in [5.74, 6) is 4.95. The van der Waals surface area contributed by atoms with E-state index in [-0.39, 0.29) is 16.9 Å². The monoisotopic (exact) mass is 924 g/mol. The fourth-order valence-corrected chi connectivity index (χ4v) is 13.8. The van der Waals surface area contributed by atoms with E-state index >= 15 is 0 Å². The minimum atomic E-state index is -0.714. The molecule has 5 aromatic rings. The molecule has 0 saturated heterocycles. The number of fused-ring (bicyclic) bond motifs is 3. The van der Waals surface area contributed by atoms with Gasteiger partial charge in [0.1, 0.15) is 11.6 Å². The Morgan fingerprint density at radius 3 is 1.79 bits per heavy atom. The quantitative estimate of drug-likeness (QED) is 0.0704. The van der Waals surface area contributed by atoms with E-state index in [1.165, 1.54) is 29.2 Å². The SMILES string of the molecule is CN1Cc2cc(C(=O)NO)ccc2CN1Cc1ccccc1.O=C(NO)c1cc(F)c2c(c1)CN(CC13C4C5C6C4C1C6C53)CC2.O=C(NO)c1cc(F)c2c(c1)CNN(Cc1ccccc1)C2. The number of carbonyl (C=O) groups is 3. The summed E-state index contributed by atoms with van der Waals surface area (Å²) in [5, 5.41) is 32.6. The molecule has 6 saturated carbocycles. The number of hydroxylamine groups is 3. The van der Waals surface area contributed by atoms with Crippen molar-refractivity contribution in [1.82, 2.24) is 41.8 Å². The number of halogens is 2. The number of amides is 3. The summed E-state index contributed by atoms with van der Waals surface area (Å²) in [5.41, 5.74) is 17.1. The van der Waals surface area contributed by atoms with Gasteiger partial charge in [0.25, 0.3) is 17.7 Å². The van der Waals surface area contributed by atoms with Crippen molar-refractivity contribution < 1.29 is 38.8 Å². The van der Waals surface area contributed by atoms with Gasteiger partial charge in [0, 0.05) is 88.2 Å². The predicted molar refractivity (Wildman–Crippen MR) is 243 cm³/mol. The average molecular weight is 925 g/mol.